The fraction of sp³-hybridized carbons (Fsp3) is 0.250. The predicted octanol–water partition coefficient (Wildman–Crippen LogP) is 3.23. The molecular weight excluding hydrogens is 507 g/mol. The Morgan fingerprint density at radius 3 is 2.31 bits per heavy atom. The van der Waals surface area contributed by atoms with Crippen molar-refractivity contribution in [1.82, 2.24) is 0 Å². The highest BCUT2D eigenvalue weighted by Crippen LogP contribution is 2.34. The predicted molar refractivity (Wildman–Crippen MR) is 78.9 cm³/mol. The third kappa shape index (κ3) is 2.59. The van der Waals surface area contributed by atoms with Gasteiger partial charge in [-0.15, -0.1) is 0 Å². The second kappa shape index (κ2) is 4.79. The molecule has 0 saturated heterocycles. The minimum absolute atomic E-state index is 0.0401. The van der Waals surface area contributed by atoms with Gasteiger partial charge in [0, 0.05) is 9.61 Å². The van der Waals surface area contributed by atoms with E-state index in [1.165, 1.54) is 0 Å². The average Bonchev–Trinajstić information content (AvgIpc) is 1.99. The minimum Gasteiger partial charge on any atom is -0.506 e. The van der Waals surface area contributed by atoms with Crippen molar-refractivity contribution in [2.24, 2.45) is 5.73 Å². The Hall–Kier alpha value is 1.17. The van der Waals surface area contributed by atoms with Crippen molar-refractivity contribution in [3.63, 3.8) is 0 Å². The Morgan fingerprint density at radius 2 is 1.85 bits per heavy atom. The van der Waals surface area contributed by atoms with E-state index >= 15 is 0 Å². The molecule has 0 radical (unpaired) electrons. The third-order valence-electron chi connectivity index (χ3n) is 1.64. The number of phenols is 1. The molecule has 5 heteroatoms. The number of halogens is 3. The van der Waals surface area contributed by atoms with E-state index < -0.39 is 0 Å². The normalized spacial score (nSPS) is 13.0. The van der Waals surface area contributed by atoms with Gasteiger partial charge in [0.2, 0.25) is 0 Å². The lowest BCUT2D eigenvalue weighted by Crippen LogP contribution is -2.09. The smallest absolute Gasteiger partial charge is 0.142 e. The zero-order valence-electron chi connectivity index (χ0n) is 6.81. The van der Waals surface area contributed by atoms with E-state index in [0.29, 0.717) is 5.75 Å². The topological polar surface area (TPSA) is 46.2 Å². The van der Waals surface area contributed by atoms with Crippen LogP contribution in [0.5, 0.6) is 5.75 Å². The van der Waals surface area contributed by atoms with Gasteiger partial charge in [-0.3, -0.25) is 0 Å². The minimum atomic E-state index is -0.0401. The molecule has 0 aliphatic heterocycles. The van der Waals surface area contributed by atoms with Crippen LogP contribution < -0.4 is 5.73 Å². The summed E-state index contributed by atoms with van der Waals surface area (Å²) >= 11 is 6.49. The zero-order valence-corrected chi connectivity index (χ0v) is 13.3. The fourth-order valence-electron chi connectivity index (χ4n) is 1.01. The molecule has 0 amide bonds. The summed E-state index contributed by atoms with van der Waals surface area (Å²) in [5, 5.41) is 9.69. The molecule has 1 unspecified atom stereocenters. The molecule has 2 nitrogen and oxygen atoms in total. The van der Waals surface area contributed by atoms with Crippen molar-refractivity contribution in [2.45, 2.75) is 13.0 Å². The SMILES string of the molecule is CC(N)c1c(I)cc(I)c(O)c1I. The van der Waals surface area contributed by atoms with Crippen molar-refractivity contribution in [1.29, 1.82) is 0 Å². The number of benzene rings is 1. The highest BCUT2D eigenvalue weighted by molar-refractivity contribution is 14.1. The van der Waals surface area contributed by atoms with Crippen LogP contribution in [0.15, 0.2) is 6.07 Å². The summed E-state index contributed by atoms with van der Waals surface area (Å²) in [5.41, 5.74) is 6.84. The Morgan fingerprint density at radius 1 is 1.31 bits per heavy atom. The quantitative estimate of drug-likeness (QED) is 0.566. The number of phenolic OH excluding ortho intramolecular Hbond substituents is 1. The van der Waals surface area contributed by atoms with Gasteiger partial charge in [0.25, 0.3) is 0 Å². The van der Waals surface area contributed by atoms with Crippen molar-refractivity contribution >= 4 is 67.8 Å². The van der Waals surface area contributed by atoms with Crippen LogP contribution in [0.3, 0.4) is 0 Å². The summed E-state index contributed by atoms with van der Waals surface area (Å²) in [5.74, 6) is 0.342. The number of aromatic hydroxyl groups is 1. The lowest BCUT2D eigenvalue weighted by atomic mass is 10.1. The van der Waals surface area contributed by atoms with Crippen LogP contribution >= 0.6 is 67.8 Å². The summed E-state index contributed by atoms with van der Waals surface area (Å²) in [7, 11) is 0. The lowest BCUT2D eigenvalue weighted by molar-refractivity contribution is 0.465. The fourth-order valence-corrected chi connectivity index (χ4v) is 5.37. The second-order valence-corrected chi connectivity index (χ2v) is 6.11. The van der Waals surface area contributed by atoms with E-state index in [9.17, 15) is 5.11 Å². The molecule has 1 aromatic rings. The highest BCUT2D eigenvalue weighted by atomic mass is 127. The second-order valence-electron chi connectivity index (χ2n) is 2.71. The number of nitrogens with two attached hydrogens (primary N) is 1. The van der Waals surface area contributed by atoms with Gasteiger partial charge >= 0.3 is 0 Å². The highest BCUT2D eigenvalue weighted by Gasteiger charge is 2.15. The van der Waals surface area contributed by atoms with Crippen LogP contribution in [0.25, 0.3) is 0 Å². The van der Waals surface area contributed by atoms with E-state index in [1.807, 2.05) is 13.0 Å². The maximum Gasteiger partial charge on any atom is 0.142 e. The first kappa shape index (κ1) is 12.2. The summed E-state index contributed by atoms with van der Waals surface area (Å²) in [6.45, 7) is 1.92. The van der Waals surface area contributed by atoms with E-state index in [4.69, 9.17) is 5.73 Å². The third-order valence-corrected chi connectivity index (χ3v) is 4.44. The van der Waals surface area contributed by atoms with Gasteiger partial charge in [-0.25, -0.2) is 0 Å². The molecular formula is C8H8I3NO. The Balaban J connectivity index is 3.44. The standard InChI is InChI=1S/C8H8I3NO/c1-3(12)6-4(9)2-5(10)8(13)7(6)11/h2-3,13H,12H2,1H3. The Kier molecular flexibility index (Phi) is 4.51. The molecule has 1 rings (SSSR count). The molecule has 3 N–H and O–H groups in total. The first-order valence-corrected chi connectivity index (χ1v) is 6.80. The maximum absolute atomic E-state index is 9.69. The molecule has 0 saturated carbocycles. The summed E-state index contributed by atoms with van der Waals surface area (Å²) < 4.78 is 2.85. The first-order valence-electron chi connectivity index (χ1n) is 3.57. The molecule has 0 heterocycles. The number of hydrogen-bond donors (Lipinski definition) is 2. The molecule has 1 atom stereocenters. The summed E-state index contributed by atoms with van der Waals surface area (Å²) in [4.78, 5) is 0. The molecule has 0 aliphatic rings. The molecule has 0 aromatic heterocycles. The molecule has 13 heavy (non-hydrogen) atoms. The van der Waals surface area contributed by atoms with Crippen molar-refractivity contribution in [3.8, 4) is 5.75 Å². The number of hydrogen-bond acceptors (Lipinski definition) is 2. The molecule has 0 bridgehead atoms. The molecule has 0 aliphatic carbocycles. The van der Waals surface area contributed by atoms with Gasteiger partial charge in [0.05, 0.1) is 7.14 Å². The zero-order chi connectivity index (χ0) is 10.2. The van der Waals surface area contributed by atoms with Gasteiger partial charge in [0.1, 0.15) is 5.75 Å². The summed E-state index contributed by atoms with van der Waals surface area (Å²) in [6, 6.07) is 1.90. The van der Waals surface area contributed by atoms with E-state index in [0.717, 1.165) is 16.3 Å². The van der Waals surface area contributed by atoms with Crippen molar-refractivity contribution in [3.05, 3.63) is 22.3 Å². The molecule has 0 fully saturated rings. The molecule has 0 spiro atoms. The largest absolute Gasteiger partial charge is 0.506 e. The van der Waals surface area contributed by atoms with Crippen molar-refractivity contribution < 1.29 is 5.11 Å². The van der Waals surface area contributed by atoms with Crippen LogP contribution in [0.2, 0.25) is 0 Å². The maximum atomic E-state index is 9.69. The van der Waals surface area contributed by atoms with E-state index in [-0.39, 0.29) is 6.04 Å². The Bertz CT molecular complexity index is 339. The summed E-state index contributed by atoms with van der Waals surface area (Å²) in [6.07, 6.45) is 0. The van der Waals surface area contributed by atoms with E-state index in [1.54, 1.807) is 0 Å². The van der Waals surface area contributed by atoms with Gasteiger partial charge in [0.15, 0.2) is 0 Å². The van der Waals surface area contributed by atoms with Crippen LogP contribution in [0.4, 0.5) is 0 Å². The first-order chi connectivity index (χ1) is 5.95. The van der Waals surface area contributed by atoms with Gasteiger partial charge < -0.3 is 10.8 Å². The van der Waals surface area contributed by atoms with Crippen molar-refractivity contribution in [2.75, 3.05) is 0 Å². The Labute approximate surface area is 118 Å². The number of rotatable bonds is 1. The van der Waals surface area contributed by atoms with E-state index in [2.05, 4.69) is 67.8 Å². The van der Waals surface area contributed by atoms with Gasteiger partial charge in [-0.1, -0.05) is 0 Å². The van der Waals surface area contributed by atoms with Crippen LogP contribution in [-0.4, -0.2) is 5.11 Å². The molecule has 1 aromatic carbocycles. The van der Waals surface area contributed by atoms with Crippen LogP contribution in [-0.2, 0) is 0 Å². The van der Waals surface area contributed by atoms with Crippen LogP contribution in [0, 0.1) is 10.7 Å². The average molecular weight is 515 g/mol. The van der Waals surface area contributed by atoms with Gasteiger partial charge in [-0.2, -0.15) is 0 Å². The monoisotopic (exact) mass is 515 g/mol. The van der Waals surface area contributed by atoms with Crippen LogP contribution in [0.1, 0.15) is 18.5 Å². The van der Waals surface area contributed by atoms with Gasteiger partial charge in [-0.05, 0) is 86.3 Å². The molecule has 72 valence electrons. The lowest BCUT2D eigenvalue weighted by Gasteiger charge is -2.13.